The second-order valence-corrected chi connectivity index (χ2v) is 6.80. The van der Waals surface area contributed by atoms with Crippen molar-refractivity contribution in [3.8, 4) is 0 Å². The Bertz CT molecular complexity index is 901. The fourth-order valence-electron chi connectivity index (χ4n) is 3.58. The summed E-state index contributed by atoms with van der Waals surface area (Å²) >= 11 is 6.11. The van der Waals surface area contributed by atoms with E-state index in [-0.39, 0.29) is 11.8 Å². The Balaban J connectivity index is 1.61. The number of oxazole rings is 1. The fraction of sp³-hybridized carbons (Fsp3) is 0.316. The van der Waals surface area contributed by atoms with Crippen molar-refractivity contribution in [2.75, 3.05) is 13.1 Å². The van der Waals surface area contributed by atoms with Crippen molar-refractivity contribution in [2.45, 2.75) is 25.4 Å². The smallest absolute Gasteiger partial charge is 0.408 e. The second-order valence-electron chi connectivity index (χ2n) is 6.37. The van der Waals surface area contributed by atoms with Gasteiger partial charge < -0.3 is 4.42 Å². The molecular formula is C19H19ClN2O2. The number of fused-ring (bicyclic) bond motifs is 1. The molecule has 0 spiro atoms. The van der Waals surface area contributed by atoms with Crippen LogP contribution in [0.15, 0.2) is 57.7 Å². The molecule has 0 N–H and O–H groups in total. The average Bonchev–Trinajstić information content (AvgIpc) is 2.91. The van der Waals surface area contributed by atoms with Gasteiger partial charge in [0.1, 0.15) is 0 Å². The van der Waals surface area contributed by atoms with Gasteiger partial charge in [0.2, 0.25) is 0 Å². The zero-order valence-electron chi connectivity index (χ0n) is 13.3. The monoisotopic (exact) mass is 342 g/mol. The number of piperidine rings is 1. The Morgan fingerprint density at radius 3 is 2.83 bits per heavy atom. The Morgan fingerprint density at radius 2 is 2.00 bits per heavy atom. The zero-order valence-corrected chi connectivity index (χ0v) is 14.1. The van der Waals surface area contributed by atoms with Gasteiger partial charge in [0.25, 0.3) is 0 Å². The van der Waals surface area contributed by atoms with Gasteiger partial charge in [-0.25, -0.2) is 4.79 Å². The molecule has 2 aromatic carbocycles. The van der Waals surface area contributed by atoms with E-state index in [1.165, 1.54) is 5.56 Å². The number of benzene rings is 2. The molecule has 5 heteroatoms. The van der Waals surface area contributed by atoms with Crippen molar-refractivity contribution in [1.82, 2.24) is 9.47 Å². The molecule has 1 aliphatic heterocycles. The first-order valence-corrected chi connectivity index (χ1v) is 8.65. The van der Waals surface area contributed by atoms with Gasteiger partial charge in [0, 0.05) is 18.1 Å². The van der Waals surface area contributed by atoms with Crippen molar-refractivity contribution in [3.05, 3.63) is 69.7 Å². The Labute approximate surface area is 145 Å². The van der Waals surface area contributed by atoms with Gasteiger partial charge >= 0.3 is 5.76 Å². The molecule has 124 valence electrons. The molecule has 0 aliphatic carbocycles. The lowest BCUT2D eigenvalue weighted by Crippen LogP contribution is -2.38. The fourth-order valence-corrected chi connectivity index (χ4v) is 3.75. The highest BCUT2D eigenvalue weighted by molar-refractivity contribution is 6.31. The van der Waals surface area contributed by atoms with Crippen molar-refractivity contribution in [1.29, 1.82) is 0 Å². The molecule has 0 unspecified atom stereocenters. The second kappa shape index (κ2) is 6.46. The Morgan fingerprint density at radius 1 is 1.17 bits per heavy atom. The van der Waals surface area contributed by atoms with Gasteiger partial charge in [0.05, 0.1) is 11.6 Å². The lowest BCUT2D eigenvalue weighted by Gasteiger charge is -2.33. The number of likely N-dealkylation sites (tertiary alicyclic amines) is 1. The van der Waals surface area contributed by atoms with Crippen LogP contribution in [0.1, 0.15) is 24.4 Å². The molecule has 3 aromatic rings. The number of hydrogen-bond acceptors (Lipinski definition) is 3. The van der Waals surface area contributed by atoms with Gasteiger partial charge in [-0.1, -0.05) is 41.9 Å². The van der Waals surface area contributed by atoms with Crippen LogP contribution in [0.3, 0.4) is 0 Å². The van der Waals surface area contributed by atoms with Crippen molar-refractivity contribution >= 4 is 22.7 Å². The summed E-state index contributed by atoms with van der Waals surface area (Å²) in [6, 6.07) is 15.9. The van der Waals surface area contributed by atoms with Crippen molar-refractivity contribution < 1.29 is 4.42 Å². The van der Waals surface area contributed by atoms with E-state index in [0.29, 0.717) is 10.6 Å². The maximum absolute atomic E-state index is 12.3. The SMILES string of the molecule is O=c1oc2ccc(Cl)cc2n1[C@@H]1CCCN(Cc2ccccc2)C1. The van der Waals surface area contributed by atoms with Gasteiger partial charge in [0.15, 0.2) is 5.58 Å². The van der Waals surface area contributed by atoms with Crippen molar-refractivity contribution in [3.63, 3.8) is 0 Å². The summed E-state index contributed by atoms with van der Waals surface area (Å²) in [5.41, 5.74) is 2.69. The third-order valence-corrected chi connectivity index (χ3v) is 4.90. The first-order valence-electron chi connectivity index (χ1n) is 8.27. The summed E-state index contributed by atoms with van der Waals surface area (Å²) < 4.78 is 7.17. The maximum Gasteiger partial charge on any atom is 0.420 e. The first-order chi connectivity index (χ1) is 11.7. The highest BCUT2D eigenvalue weighted by Crippen LogP contribution is 2.27. The molecule has 1 aliphatic rings. The first kappa shape index (κ1) is 15.5. The minimum absolute atomic E-state index is 0.120. The van der Waals surface area contributed by atoms with Crippen LogP contribution in [0.25, 0.3) is 11.1 Å². The Kier molecular flexibility index (Phi) is 4.17. The molecule has 0 bridgehead atoms. The zero-order chi connectivity index (χ0) is 16.5. The quantitative estimate of drug-likeness (QED) is 0.719. The highest BCUT2D eigenvalue weighted by Gasteiger charge is 2.25. The van der Waals surface area contributed by atoms with E-state index in [9.17, 15) is 4.79 Å². The van der Waals surface area contributed by atoms with E-state index in [4.69, 9.17) is 16.0 Å². The molecule has 4 nitrogen and oxygen atoms in total. The van der Waals surface area contributed by atoms with Crippen LogP contribution in [-0.2, 0) is 6.54 Å². The minimum Gasteiger partial charge on any atom is -0.408 e. The van der Waals surface area contributed by atoms with E-state index in [0.717, 1.165) is 38.0 Å². The number of halogens is 1. The number of hydrogen-bond donors (Lipinski definition) is 0. The number of aromatic nitrogens is 1. The largest absolute Gasteiger partial charge is 0.420 e. The molecule has 4 rings (SSSR count). The van der Waals surface area contributed by atoms with Crippen LogP contribution in [0.5, 0.6) is 0 Å². The van der Waals surface area contributed by atoms with E-state index in [1.807, 2.05) is 12.1 Å². The van der Waals surface area contributed by atoms with Gasteiger partial charge in [-0.15, -0.1) is 0 Å². The van der Waals surface area contributed by atoms with Crippen LogP contribution in [0.4, 0.5) is 0 Å². The van der Waals surface area contributed by atoms with Crippen LogP contribution >= 0.6 is 11.6 Å². The van der Waals surface area contributed by atoms with Crippen LogP contribution in [0.2, 0.25) is 5.02 Å². The van der Waals surface area contributed by atoms with Crippen LogP contribution < -0.4 is 5.76 Å². The lowest BCUT2D eigenvalue weighted by atomic mass is 10.0. The normalized spacial score (nSPS) is 19.0. The van der Waals surface area contributed by atoms with E-state index < -0.39 is 0 Å². The standard InChI is InChI=1S/C19H19ClN2O2/c20-15-8-9-18-17(11-15)22(19(23)24-18)16-7-4-10-21(13-16)12-14-5-2-1-3-6-14/h1-3,5-6,8-9,11,16H,4,7,10,12-13H2/t16-/m1/s1. The lowest BCUT2D eigenvalue weighted by molar-refractivity contribution is 0.168. The minimum atomic E-state index is -0.293. The maximum atomic E-state index is 12.3. The molecule has 1 aromatic heterocycles. The summed E-state index contributed by atoms with van der Waals surface area (Å²) in [6.07, 6.45) is 2.05. The average molecular weight is 343 g/mol. The number of rotatable bonds is 3. The molecule has 0 saturated carbocycles. The summed E-state index contributed by atoms with van der Waals surface area (Å²) in [6.45, 7) is 2.80. The predicted octanol–water partition coefficient (Wildman–Crippen LogP) is 4.09. The van der Waals surface area contributed by atoms with Crippen LogP contribution in [-0.4, -0.2) is 22.6 Å². The summed E-state index contributed by atoms with van der Waals surface area (Å²) in [5, 5.41) is 0.619. The van der Waals surface area contributed by atoms with E-state index >= 15 is 0 Å². The number of nitrogens with zero attached hydrogens (tertiary/aromatic N) is 2. The van der Waals surface area contributed by atoms with E-state index in [2.05, 4.69) is 29.2 Å². The summed E-state index contributed by atoms with van der Waals surface area (Å²) in [7, 11) is 0. The van der Waals surface area contributed by atoms with Gasteiger partial charge in [-0.2, -0.15) is 0 Å². The molecule has 0 radical (unpaired) electrons. The van der Waals surface area contributed by atoms with Crippen molar-refractivity contribution in [2.24, 2.45) is 0 Å². The topological polar surface area (TPSA) is 38.4 Å². The molecule has 24 heavy (non-hydrogen) atoms. The molecule has 2 heterocycles. The third-order valence-electron chi connectivity index (χ3n) is 4.67. The van der Waals surface area contributed by atoms with Gasteiger partial charge in [-0.05, 0) is 43.1 Å². The predicted molar refractivity (Wildman–Crippen MR) is 95.5 cm³/mol. The van der Waals surface area contributed by atoms with Crippen LogP contribution in [0, 0.1) is 0 Å². The Hall–Kier alpha value is -2.04. The van der Waals surface area contributed by atoms with E-state index in [1.54, 1.807) is 16.7 Å². The molecular weight excluding hydrogens is 324 g/mol. The third kappa shape index (κ3) is 2.99. The highest BCUT2D eigenvalue weighted by atomic mass is 35.5. The van der Waals surface area contributed by atoms with Gasteiger partial charge in [-0.3, -0.25) is 9.47 Å². The molecule has 1 fully saturated rings. The molecule has 0 amide bonds. The summed E-state index contributed by atoms with van der Waals surface area (Å²) in [4.78, 5) is 14.8. The molecule has 1 saturated heterocycles. The summed E-state index contributed by atoms with van der Waals surface area (Å²) in [5.74, 6) is -0.293. The molecule has 1 atom stereocenters.